The van der Waals surface area contributed by atoms with Gasteiger partial charge in [0, 0.05) is 16.5 Å². The summed E-state index contributed by atoms with van der Waals surface area (Å²) in [5.74, 6) is -0.615. The lowest BCUT2D eigenvalue weighted by atomic mass is 10.2. The summed E-state index contributed by atoms with van der Waals surface area (Å²) in [5.41, 5.74) is 1.91. The second-order valence-corrected chi connectivity index (χ2v) is 6.92. The molecule has 0 fully saturated rings. The minimum absolute atomic E-state index is 0.160. The highest BCUT2D eigenvalue weighted by atomic mass is 35.5. The Morgan fingerprint density at radius 2 is 1.84 bits per heavy atom. The minimum Gasteiger partial charge on any atom is -0.452 e. The number of carbonyl (C=O) groups excluding carboxylic acids is 2. The van der Waals surface area contributed by atoms with Gasteiger partial charge in [0.15, 0.2) is 6.10 Å². The first kappa shape index (κ1) is 19.3. The van der Waals surface area contributed by atoms with Crippen LogP contribution in [0.3, 0.4) is 0 Å². The molecule has 2 aromatic rings. The lowest BCUT2D eigenvalue weighted by Gasteiger charge is -2.14. The first-order valence-electron chi connectivity index (χ1n) is 7.86. The predicted molar refractivity (Wildman–Crippen MR) is 101 cm³/mol. The maximum Gasteiger partial charge on any atom is 0.317 e. The van der Waals surface area contributed by atoms with Crippen molar-refractivity contribution in [1.29, 1.82) is 0 Å². The average molecular weight is 378 g/mol. The lowest BCUT2D eigenvalue weighted by Crippen LogP contribution is -2.35. The van der Waals surface area contributed by atoms with E-state index in [-0.39, 0.29) is 11.7 Å². The Labute approximate surface area is 156 Å². The number of ether oxygens (including phenoxy) is 1. The zero-order chi connectivity index (χ0) is 18.2. The lowest BCUT2D eigenvalue weighted by molar-refractivity contribution is -0.152. The summed E-state index contributed by atoms with van der Waals surface area (Å²) in [6, 6.07) is 15.1. The number of thioether (sulfide) groups is 1. The summed E-state index contributed by atoms with van der Waals surface area (Å²) in [7, 11) is 0. The molecule has 0 aliphatic rings. The molecule has 0 unspecified atom stereocenters. The number of benzene rings is 2. The SMILES string of the molecule is Cc1ccccc1SCC(=O)O[C@@H](C)C(=O)NCc1ccccc1Cl. The first-order valence-corrected chi connectivity index (χ1v) is 9.22. The fourth-order valence-electron chi connectivity index (χ4n) is 2.11. The highest BCUT2D eigenvalue weighted by molar-refractivity contribution is 8.00. The number of nitrogens with one attached hydrogen (secondary N) is 1. The zero-order valence-corrected chi connectivity index (χ0v) is 15.7. The third-order valence-electron chi connectivity index (χ3n) is 3.53. The van der Waals surface area contributed by atoms with E-state index in [0.717, 1.165) is 16.0 Å². The predicted octanol–water partition coefficient (Wildman–Crippen LogP) is 3.99. The summed E-state index contributed by atoms with van der Waals surface area (Å²) in [6.07, 6.45) is -0.854. The fourth-order valence-corrected chi connectivity index (χ4v) is 3.12. The van der Waals surface area contributed by atoms with Gasteiger partial charge in [-0.25, -0.2) is 0 Å². The van der Waals surface area contributed by atoms with Gasteiger partial charge in [-0.2, -0.15) is 0 Å². The number of amides is 1. The van der Waals surface area contributed by atoms with Gasteiger partial charge in [-0.1, -0.05) is 48.0 Å². The monoisotopic (exact) mass is 377 g/mol. The van der Waals surface area contributed by atoms with Gasteiger partial charge >= 0.3 is 5.97 Å². The summed E-state index contributed by atoms with van der Waals surface area (Å²) in [5, 5.41) is 3.31. The van der Waals surface area contributed by atoms with Crippen LogP contribution < -0.4 is 5.32 Å². The van der Waals surface area contributed by atoms with E-state index in [2.05, 4.69) is 5.32 Å². The molecule has 0 saturated carbocycles. The van der Waals surface area contributed by atoms with Crippen molar-refractivity contribution in [1.82, 2.24) is 5.32 Å². The summed E-state index contributed by atoms with van der Waals surface area (Å²) < 4.78 is 5.19. The van der Waals surface area contributed by atoms with Crippen LogP contribution in [0.15, 0.2) is 53.4 Å². The van der Waals surface area contributed by atoms with Crippen molar-refractivity contribution in [2.75, 3.05) is 5.75 Å². The van der Waals surface area contributed by atoms with E-state index in [1.54, 1.807) is 13.0 Å². The topological polar surface area (TPSA) is 55.4 Å². The highest BCUT2D eigenvalue weighted by Gasteiger charge is 2.18. The second-order valence-electron chi connectivity index (χ2n) is 5.50. The molecule has 0 aliphatic carbocycles. The summed E-state index contributed by atoms with van der Waals surface area (Å²) >= 11 is 7.44. The van der Waals surface area contributed by atoms with Gasteiger partial charge in [0.05, 0.1) is 5.75 Å². The Morgan fingerprint density at radius 3 is 2.56 bits per heavy atom. The molecule has 0 radical (unpaired) electrons. The minimum atomic E-state index is -0.854. The van der Waals surface area contributed by atoms with E-state index in [0.29, 0.717) is 11.6 Å². The van der Waals surface area contributed by atoms with Crippen LogP contribution in [0.4, 0.5) is 0 Å². The molecule has 132 valence electrons. The van der Waals surface area contributed by atoms with Gasteiger partial charge in [-0.3, -0.25) is 9.59 Å². The van der Waals surface area contributed by atoms with E-state index in [9.17, 15) is 9.59 Å². The van der Waals surface area contributed by atoms with Crippen LogP contribution in [0.2, 0.25) is 5.02 Å². The van der Waals surface area contributed by atoms with Crippen molar-refractivity contribution < 1.29 is 14.3 Å². The summed E-state index contributed by atoms with van der Waals surface area (Å²) in [4.78, 5) is 25.0. The van der Waals surface area contributed by atoms with Gasteiger partial charge in [0.25, 0.3) is 5.91 Å². The Balaban J connectivity index is 1.77. The number of aryl methyl sites for hydroxylation is 1. The van der Waals surface area contributed by atoms with Crippen LogP contribution in [-0.4, -0.2) is 23.7 Å². The zero-order valence-electron chi connectivity index (χ0n) is 14.1. The molecule has 1 atom stereocenters. The number of esters is 1. The van der Waals surface area contributed by atoms with E-state index in [1.165, 1.54) is 11.8 Å². The van der Waals surface area contributed by atoms with E-state index >= 15 is 0 Å². The molecule has 25 heavy (non-hydrogen) atoms. The number of hydrogen-bond donors (Lipinski definition) is 1. The average Bonchev–Trinajstić information content (AvgIpc) is 2.60. The molecule has 0 spiro atoms. The summed E-state index contributed by atoms with van der Waals surface area (Å²) in [6.45, 7) is 3.83. The van der Waals surface area contributed by atoms with Crippen LogP contribution in [0, 0.1) is 6.92 Å². The van der Waals surface area contributed by atoms with Gasteiger partial charge in [-0.15, -0.1) is 11.8 Å². The Hall–Kier alpha value is -1.98. The van der Waals surface area contributed by atoms with Crippen molar-refractivity contribution in [3.05, 3.63) is 64.7 Å². The van der Waals surface area contributed by atoms with Gasteiger partial charge in [-0.05, 0) is 37.1 Å². The van der Waals surface area contributed by atoms with Gasteiger partial charge in [0.1, 0.15) is 0 Å². The first-order chi connectivity index (χ1) is 12.0. The molecule has 0 heterocycles. The molecule has 6 heteroatoms. The van der Waals surface area contributed by atoms with Crippen molar-refractivity contribution in [2.24, 2.45) is 0 Å². The molecular formula is C19H20ClNO3S. The molecule has 2 rings (SSSR count). The van der Waals surface area contributed by atoms with Crippen molar-refractivity contribution in [3.8, 4) is 0 Å². The van der Waals surface area contributed by atoms with Crippen LogP contribution in [0.1, 0.15) is 18.1 Å². The van der Waals surface area contributed by atoms with Crippen molar-refractivity contribution in [2.45, 2.75) is 31.4 Å². The van der Waals surface area contributed by atoms with Crippen LogP contribution in [0.25, 0.3) is 0 Å². The Kier molecular flexibility index (Phi) is 7.34. The third kappa shape index (κ3) is 6.11. The van der Waals surface area contributed by atoms with Gasteiger partial charge in [0.2, 0.25) is 0 Å². The number of halogens is 1. The molecule has 0 bridgehead atoms. The van der Waals surface area contributed by atoms with Crippen LogP contribution in [-0.2, 0) is 20.9 Å². The largest absolute Gasteiger partial charge is 0.452 e. The smallest absolute Gasteiger partial charge is 0.317 e. The molecule has 0 aromatic heterocycles. The number of rotatable bonds is 7. The molecule has 1 N–H and O–H groups in total. The van der Waals surface area contributed by atoms with E-state index in [1.807, 2.05) is 49.4 Å². The Morgan fingerprint density at radius 1 is 1.16 bits per heavy atom. The maximum atomic E-state index is 12.1. The molecule has 4 nitrogen and oxygen atoms in total. The highest BCUT2D eigenvalue weighted by Crippen LogP contribution is 2.21. The second kappa shape index (κ2) is 9.49. The molecule has 1 amide bonds. The quantitative estimate of drug-likeness (QED) is 0.585. The molecular weight excluding hydrogens is 358 g/mol. The Bertz CT molecular complexity index is 751. The molecule has 0 saturated heterocycles. The van der Waals surface area contributed by atoms with E-state index in [4.69, 9.17) is 16.3 Å². The molecule has 2 aromatic carbocycles. The van der Waals surface area contributed by atoms with Crippen LogP contribution in [0.5, 0.6) is 0 Å². The van der Waals surface area contributed by atoms with Gasteiger partial charge < -0.3 is 10.1 Å². The van der Waals surface area contributed by atoms with Crippen molar-refractivity contribution in [3.63, 3.8) is 0 Å². The number of hydrogen-bond acceptors (Lipinski definition) is 4. The standard InChI is InChI=1S/C19H20ClNO3S/c1-13-7-3-6-10-17(13)25-12-18(22)24-14(2)19(23)21-11-15-8-4-5-9-16(15)20/h3-10,14H,11-12H2,1-2H3,(H,21,23)/t14-/m0/s1. The van der Waals surface area contributed by atoms with Crippen LogP contribution >= 0.6 is 23.4 Å². The maximum absolute atomic E-state index is 12.1. The molecule has 0 aliphatic heterocycles. The fraction of sp³-hybridized carbons (Fsp3) is 0.263. The normalized spacial score (nSPS) is 11.6. The van der Waals surface area contributed by atoms with E-state index < -0.39 is 12.1 Å². The number of carbonyl (C=O) groups is 2. The third-order valence-corrected chi connectivity index (χ3v) is 5.05. The van der Waals surface area contributed by atoms with Crippen molar-refractivity contribution >= 4 is 35.2 Å².